The largest absolute Gasteiger partial charge is 0.465 e. The standard InChI is InChI=1S/C11H12IN3O6S/c12-7-5-10(15(18)19)8(13-11(16)17)6-9(7)14-1-3-22(20,21)4-2-14/h5-6,13H,1-4H2,(H,16,17). The minimum atomic E-state index is -3.05. The lowest BCUT2D eigenvalue weighted by Gasteiger charge is -2.29. The van der Waals surface area contributed by atoms with E-state index in [0.29, 0.717) is 9.26 Å². The number of carboxylic acid groups (broad SMARTS) is 1. The molecule has 0 unspecified atom stereocenters. The molecule has 0 atom stereocenters. The highest BCUT2D eigenvalue weighted by atomic mass is 127. The third-order valence-corrected chi connectivity index (χ3v) is 5.66. The Labute approximate surface area is 139 Å². The van der Waals surface area contributed by atoms with Gasteiger partial charge in [-0.05, 0) is 28.7 Å². The molecule has 11 heteroatoms. The van der Waals surface area contributed by atoms with Crippen LogP contribution in [-0.2, 0) is 9.84 Å². The molecular weight excluding hydrogens is 429 g/mol. The van der Waals surface area contributed by atoms with Crippen molar-refractivity contribution in [1.82, 2.24) is 0 Å². The number of hydrogen-bond donors (Lipinski definition) is 2. The van der Waals surface area contributed by atoms with Crippen molar-refractivity contribution < 1.29 is 23.2 Å². The lowest BCUT2D eigenvalue weighted by molar-refractivity contribution is -0.384. The Morgan fingerprint density at radius 2 is 1.95 bits per heavy atom. The second-order valence-corrected chi connectivity index (χ2v) is 8.11. The number of halogens is 1. The van der Waals surface area contributed by atoms with Crippen LogP contribution in [0, 0.1) is 13.7 Å². The number of amides is 1. The molecule has 1 aromatic rings. The van der Waals surface area contributed by atoms with E-state index >= 15 is 0 Å². The van der Waals surface area contributed by atoms with Crippen molar-refractivity contribution in [2.45, 2.75) is 0 Å². The van der Waals surface area contributed by atoms with Crippen molar-refractivity contribution >= 4 is 55.6 Å². The first-order valence-electron chi connectivity index (χ1n) is 6.13. The van der Waals surface area contributed by atoms with Crippen LogP contribution in [0.1, 0.15) is 0 Å². The fourth-order valence-corrected chi connectivity index (χ4v) is 4.11. The van der Waals surface area contributed by atoms with Crippen LogP contribution in [0.4, 0.5) is 21.9 Å². The van der Waals surface area contributed by atoms with Gasteiger partial charge in [0.05, 0.1) is 22.1 Å². The molecular formula is C11H12IN3O6S. The summed E-state index contributed by atoms with van der Waals surface area (Å²) in [7, 11) is -3.05. The summed E-state index contributed by atoms with van der Waals surface area (Å²) >= 11 is 1.91. The summed E-state index contributed by atoms with van der Waals surface area (Å²) in [6.07, 6.45) is -1.41. The normalized spacial score (nSPS) is 17.0. The molecule has 22 heavy (non-hydrogen) atoms. The van der Waals surface area contributed by atoms with E-state index in [0.717, 1.165) is 0 Å². The highest BCUT2D eigenvalue weighted by Crippen LogP contribution is 2.34. The highest BCUT2D eigenvalue weighted by molar-refractivity contribution is 14.1. The third kappa shape index (κ3) is 3.76. The van der Waals surface area contributed by atoms with E-state index in [4.69, 9.17) is 5.11 Å². The fourth-order valence-electron chi connectivity index (χ4n) is 2.11. The van der Waals surface area contributed by atoms with Crippen molar-refractivity contribution in [3.05, 3.63) is 25.8 Å². The van der Waals surface area contributed by atoms with E-state index in [1.807, 2.05) is 27.9 Å². The number of nitrogens with zero attached hydrogens (tertiary/aromatic N) is 2. The number of nitrogens with one attached hydrogen (secondary N) is 1. The van der Waals surface area contributed by atoms with Gasteiger partial charge in [-0.15, -0.1) is 0 Å². The van der Waals surface area contributed by atoms with E-state index in [-0.39, 0.29) is 36.0 Å². The van der Waals surface area contributed by atoms with Crippen molar-refractivity contribution in [2.24, 2.45) is 0 Å². The molecule has 0 aromatic heterocycles. The maximum absolute atomic E-state index is 11.5. The number of rotatable bonds is 3. The molecule has 9 nitrogen and oxygen atoms in total. The van der Waals surface area contributed by atoms with Gasteiger partial charge >= 0.3 is 6.09 Å². The summed E-state index contributed by atoms with van der Waals surface area (Å²) < 4.78 is 23.5. The summed E-state index contributed by atoms with van der Waals surface area (Å²) in [6.45, 7) is 0.533. The van der Waals surface area contributed by atoms with Crippen LogP contribution in [0.15, 0.2) is 12.1 Å². The van der Waals surface area contributed by atoms with Crippen LogP contribution in [0.5, 0.6) is 0 Å². The van der Waals surface area contributed by atoms with Crippen molar-refractivity contribution in [3.8, 4) is 0 Å². The molecule has 120 valence electrons. The van der Waals surface area contributed by atoms with Gasteiger partial charge in [0.1, 0.15) is 5.69 Å². The second-order valence-electron chi connectivity index (χ2n) is 4.65. The van der Waals surface area contributed by atoms with Crippen LogP contribution >= 0.6 is 22.6 Å². The lowest BCUT2D eigenvalue weighted by Crippen LogP contribution is -2.40. The molecule has 0 aliphatic carbocycles. The molecule has 1 amide bonds. The van der Waals surface area contributed by atoms with Crippen LogP contribution in [-0.4, -0.2) is 49.1 Å². The van der Waals surface area contributed by atoms with E-state index in [1.165, 1.54) is 12.1 Å². The first-order valence-corrected chi connectivity index (χ1v) is 9.03. The number of benzene rings is 1. The molecule has 1 saturated heterocycles. The van der Waals surface area contributed by atoms with Crippen LogP contribution in [0.2, 0.25) is 0 Å². The molecule has 0 spiro atoms. The lowest BCUT2D eigenvalue weighted by atomic mass is 10.2. The molecule has 0 bridgehead atoms. The number of anilines is 2. The zero-order valence-corrected chi connectivity index (χ0v) is 14.1. The first kappa shape index (κ1) is 16.7. The Morgan fingerprint density at radius 3 is 2.45 bits per heavy atom. The van der Waals surface area contributed by atoms with Crippen LogP contribution in [0.3, 0.4) is 0 Å². The minimum absolute atomic E-state index is 0.00175. The number of nitro benzene ring substituents is 1. The zero-order chi connectivity index (χ0) is 16.5. The molecule has 0 radical (unpaired) electrons. The van der Waals surface area contributed by atoms with Gasteiger partial charge in [0.2, 0.25) is 0 Å². The second kappa shape index (κ2) is 6.24. The fraction of sp³-hybridized carbons (Fsp3) is 0.364. The summed E-state index contributed by atoms with van der Waals surface area (Å²) in [5.74, 6) is 0.00349. The molecule has 1 aliphatic rings. The molecule has 0 saturated carbocycles. The Kier molecular flexibility index (Phi) is 4.75. The summed E-state index contributed by atoms with van der Waals surface area (Å²) in [5, 5.41) is 21.8. The molecule has 2 rings (SSSR count). The Morgan fingerprint density at radius 1 is 1.36 bits per heavy atom. The Hall–Kier alpha value is -1.63. The van der Waals surface area contributed by atoms with Gasteiger partial charge in [-0.3, -0.25) is 15.4 Å². The third-order valence-electron chi connectivity index (χ3n) is 3.19. The van der Waals surface area contributed by atoms with Gasteiger partial charge in [-0.25, -0.2) is 13.2 Å². The molecule has 1 aliphatic heterocycles. The SMILES string of the molecule is O=C(O)Nc1cc(N2CCS(=O)(=O)CC2)c(I)cc1[N+](=O)[O-]. The van der Waals surface area contributed by atoms with Gasteiger partial charge in [-0.1, -0.05) is 0 Å². The average molecular weight is 441 g/mol. The average Bonchev–Trinajstić information content (AvgIpc) is 2.40. The summed E-state index contributed by atoms with van der Waals surface area (Å²) in [5.41, 5.74) is 0.0892. The van der Waals surface area contributed by atoms with Crippen LogP contribution in [0.25, 0.3) is 0 Å². The first-order chi connectivity index (χ1) is 10.2. The van der Waals surface area contributed by atoms with Gasteiger partial charge in [0.15, 0.2) is 9.84 Å². The van der Waals surface area contributed by atoms with E-state index in [9.17, 15) is 23.3 Å². The highest BCUT2D eigenvalue weighted by Gasteiger charge is 2.26. The number of hydrogen-bond acceptors (Lipinski definition) is 6. The Bertz CT molecular complexity index is 722. The van der Waals surface area contributed by atoms with Gasteiger partial charge < -0.3 is 10.0 Å². The molecule has 1 fully saturated rings. The number of carbonyl (C=O) groups is 1. The molecule has 1 heterocycles. The van der Waals surface area contributed by atoms with Gasteiger partial charge in [0.25, 0.3) is 5.69 Å². The predicted octanol–water partition coefficient (Wildman–Crippen LogP) is 1.52. The van der Waals surface area contributed by atoms with E-state index < -0.39 is 20.9 Å². The summed E-state index contributed by atoms with van der Waals surface area (Å²) in [6, 6.07) is 2.64. The van der Waals surface area contributed by atoms with E-state index in [2.05, 4.69) is 0 Å². The molecule has 1 aromatic carbocycles. The molecule has 2 N–H and O–H groups in total. The smallest absolute Gasteiger partial charge is 0.409 e. The monoisotopic (exact) mass is 441 g/mol. The quantitative estimate of drug-likeness (QED) is 0.413. The predicted molar refractivity (Wildman–Crippen MR) is 88.3 cm³/mol. The van der Waals surface area contributed by atoms with Crippen molar-refractivity contribution in [1.29, 1.82) is 0 Å². The minimum Gasteiger partial charge on any atom is -0.465 e. The van der Waals surface area contributed by atoms with Crippen LogP contribution < -0.4 is 10.2 Å². The zero-order valence-electron chi connectivity index (χ0n) is 11.2. The summed E-state index contributed by atoms with van der Waals surface area (Å²) in [4.78, 5) is 22.9. The Balaban J connectivity index is 2.40. The van der Waals surface area contributed by atoms with Gasteiger partial charge in [0, 0.05) is 22.7 Å². The van der Waals surface area contributed by atoms with Gasteiger partial charge in [-0.2, -0.15) is 0 Å². The maximum Gasteiger partial charge on any atom is 0.409 e. The maximum atomic E-state index is 11.5. The topological polar surface area (TPSA) is 130 Å². The van der Waals surface area contributed by atoms with E-state index in [1.54, 1.807) is 4.90 Å². The number of sulfone groups is 1. The van der Waals surface area contributed by atoms with Crippen molar-refractivity contribution in [3.63, 3.8) is 0 Å². The number of nitro groups is 1. The van der Waals surface area contributed by atoms with Crippen molar-refractivity contribution in [2.75, 3.05) is 34.8 Å².